The lowest BCUT2D eigenvalue weighted by atomic mass is 9.98. The van der Waals surface area contributed by atoms with Crippen LogP contribution in [0, 0.1) is 5.92 Å². The molecule has 0 spiro atoms. The summed E-state index contributed by atoms with van der Waals surface area (Å²) in [6, 6.07) is 0. The van der Waals surface area contributed by atoms with E-state index in [4.69, 9.17) is 9.57 Å². The largest absolute Gasteiger partial charge is 0.444 e. The first-order chi connectivity index (χ1) is 8.76. The van der Waals surface area contributed by atoms with E-state index in [1.807, 2.05) is 20.8 Å². The van der Waals surface area contributed by atoms with E-state index in [0.29, 0.717) is 25.6 Å². The van der Waals surface area contributed by atoms with Crippen LogP contribution in [-0.2, 0) is 14.4 Å². The molecule has 1 saturated heterocycles. The first-order valence-electron chi connectivity index (χ1n) is 6.66. The van der Waals surface area contributed by atoms with Gasteiger partial charge in [0.2, 0.25) is 0 Å². The summed E-state index contributed by atoms with van der Waals surface area (Å²) in [6.07, 6.45) is 1.40. The molecule has 0 aromatic heterocycles. The Labute approximate surface area is 114 Å². The van der Waals surface area contributed by atoms with Gasteiger partial charge in [0.15, 0.2) is 0 Å². The molecule has 19 heavy (non-hydrogen) atoms. The first kappa shape index (κ1) is 15.8. The number of ether oxygens (including phenoxy) is 1. The zero-order valence-electron chi connectivity index (χ0n) is 12.2. The lowest BCUT2D eigenvalue weighted by molar-refractivity contribution is -0.193. The van der Waals surface area contributed by atoms with Crippen LogP contribution in [-0.4, -0.2) is 42.4 Å². The van der Waals surface area contributed by atoms with Crippen LogP contribution in [0.2, 0.25) is 0 Å². The topological polar surface area (TPSA) is 67.9 Å². The summed E-state index contributed by atoms with van der Waals surface area (Å²) in [6.45, 7) is 8.93. The minimum atomic E-state index is -0.469. The highest BCUT2D eigenvalue weighted by atomic mass is 16.7. The molecule has 0 aliphatic carbocycles. The number of alkyl carbamates (subject to hydrolysis) is 1. The second kappa shape index (κ2) is 6.75. The average Bonchev–Trinajstić information content (AvgIpc) is 2.25. The molecular weight excluding hydrogens is 248 g/mol. The third-order valence-electron chi connectivity index (χ3n) is 2.77. The number of hydrogen-bond acceptors (Lipinski definition) is 5. The van der Waals surface area contributed by atoms with E-state index in [2.05, 4.69) is 5.32 Å². The third kappa shape index (κ3) is 7.00. The Kier molecular flexibility index (Phi) is 5.60. The molecule has 1 aliphatic heterocycles. The van der Waals surface area contributed by atoms with Crippen LogP contribution >= 0.6 is 0 Å². The van der Waals surface area contributed by atoms with Gasteiger partial charge in [-0.2, -0.15) is 0 Å². The Morgan fingerprint density at radius 1 is 1.26 bits per heavy atom. The van der Waals surface area contributed by atoms with E-state index in [1.54, 1.807) is 5.06 Å². The Morgan fingerprint density at radius 2 is 1.84 bits per heavy atom. The van der Waals surface area contributed by atoms with Gasteiger partial charge in [-0.3, -0.25) is 4.79 Å². The van der Waals surface area contributed by atoms with Gasteiger partial charge in [-0.25, -0.2) is 4.79 Å². The number of piperidine rings is 1. The Bertz CT molecular complexity index is 317. The van der Waals surface area contributed by atoms with Crippen molar-refractivity contribution in [2.45, 2.75) is 46.1 Å². The SMILES string of the molecule is CC(=O)ON1CCC(CNC(=O)OC(C)(C)C)CC1. The predicted molar refractivity (Wildman–Crippen MR) is 70.3 cm³/mol. The summed E-state index contributed by atoms with van der Waals surface area (Å²) in [5, 5.41) is 4.45. The molecule has 0 aromatic rings. The summed E-state index contributed by atoms with van der Waals surface area (Å²) < 4.78 is 5.17. The van der Waals surface area contributed by atoms with Gasteiger partial charge in [-0.1, -0.05) is 0 Å². The molecule has 1 amide bonds. The Balaban J connectivity index is 2.19. The van der Waals surface area contributed by atoms with E-state index in [1.165, 1.54) is 6.92 Å². The van der Waals surface area contributed by atoms with Crippen molar-refractivity contribution in [1.82, 2.24) is 10.4 Å². The molecule has 1 fully saturated rings. The molecular formula is C13H24N2O4. The highest BCUT2D eigenvalue weighted by Gasteiger charge is 2.22. The second-order valence-corrected chi connectivity index (χ2v) is 5.84. The summed E-state index contributed by atoms with van der Waals surface area (Å²) >= 11 is 0. The highest BCUT2D eigenvalue weighted by Crippen LogP contribution is 2.16. The first-order valence-corrected chi connectivity index (χ1v) is 6.66. The van der Waals surface area contributed by atoms with Gasteiger partial charge >= 0.3 is 12.1 Å². The highest BCUT2D eigenvalue weighted by molar-refractivity contribution is 5.67. The fourth-order valence-corrected chi connectivity index (χ4v) is 1.93. The zero-order chi connectivity index (χ0) is 14.5. The van der Waals surface area contributed by atoms with E-state index < -0.39 is 5.60 Å². The van der Waals surface area contributed by atoms with E-state index >= 15 is 0 Å². The molecule has 6 heteroatoms. The van der Waals surface area contributed by atoms with Crippen molar-refractivity contribution in [3.8, 4) is 0 Å². The van der Waals surface area contributed by atoms with Gasteiger partial charge in [0.1, 0.15) is 5.60 Å². The molecule has 0 bridgehead atoms. The van der Waals surface area contributed by atoms with Crippen LogP contribution in [0.4, 0.5) is 4.79 Å². The maximum absolute atomic E-state index is 11.5. The van der Waals surface area contributed by atoms with Crippen molar-refractivity contribution in [2.24, 2.45) is 5.92 Å². The third-order valence-corrected chi connectivity index (χ3v) is 2.77. The number of amides is 1. The lowest BCUT2D eigenvalue weighted by Gasteiger charge is -2.30. The quantitative estimate of drug-likeness (QED) is 0.847. The average molecular weight is 272 g/mol. The summed E-state index contributed by atoms with van der Waals surface area (Å²) in [5.74, 6) is 0.115. The van der Waals surface area contributed by atoms with Gasteiger partial charge in [-0.15, -0.1) is 5.06 Å². The number of hydrogen-bond donors (Lipinski definition) is 1. The number of hydroxylamine groups is 2. The fraction of sp³-hybridized carbons (Fsp3) is 0.846. The monoisotopic (exact) mass is 272 g/mol. The molecule has 0 saturated carbocycles. The molecule has 0 radical (unpaired) electrons. The van der Waals surface area contributed by atoms with Crippen molar-refractivity contribution in [1.29, 1.82) is 0 Å². The Hall–Kier alpha value is -1.30. The molecule has 1 heterocycles. The maximum Gasteiger partial charge on any atom is 0.407 e. The van der Waals surface area contributed by atoms with Gasteiger partial charge in [0.05, 0.1) is 0 Å². The maximum atomic E-state index is 11.5. The Morgan fingerprint density at radius 3 is 2.32 bits per heavy atom. The smallest absolute Gasteiger partial charge is 0.407 e. The zero-order valence-corrected chi connectivity index (χ0v) is 12.2. The number of nitrogens with one attached hydrogen (secondary N) is 1. The van der Waals surface area contributed by atoms with E-state index in [-0.39, 0.29) is 12.1 Å². The predicted octanol–water partition coefficient (Wildman–Crippen LogP) is 1.70. The van der Waals surface area contributed by atoms with Crippen LogP contribution in [0.25, 0.3) is 0 Å². The van der Waals surface area contributed by atoms with E-state index in [0.717, 1.165) is 12.8 Å². The molecule has 6 nitrogen and oxygen atoms in total. The normalized spacial score (nSPS) is 17.9. The number of nitrogens with zero attached hydrogens (tertiary/aromatic N) is 1. The van der Waals surface area contributed by atoms with Gasteiger partial charge in [0, 0.05) is 26.6 Å². The second-order valence-electron chi connectivity index (χ2n) is 5.84. The van der Waals surface area contributed by atoms with Crippen molar-refractivity contribution in [3.63, 3.8) is 0 Å². The number of carbonyl (C=O) groups is 2. The summed E-state index contributed by atoms with van der Waals surface area (Å²) in [4.78, 5) is 27.3. The van der Waals surface area contributed by atoms with Crippen molar-refractivity contribution in [2.75, 3.05) is 19.6 Å². The molecule has 1 rings (SSSR count). The van der Waals surface area contributed by atoms with Crippen LogP contribution in [0.1, 0.15) is 40.5 Å². The van der Waals surface area contributed by atoms with Gasteiger partial charge in [-0.05, 0) is 39.5 Å². The molecule has 0 aromatic carbocycles. The molecule has 0 atom stereocenters. The van der Waals surface area contributed by atoms with Gasteiger partial charge < -0.3 is 14.9 Å². The number of rotatable bonds is 3. The van der Waals surface area contributed by atoms with Crippen molar-refractivity contribution >= 4 is 12.1 Å². The number of carbonyl (C=O) groups excluding carboxylic acids is 2. The molecule has 110 valence electrons. The lowest BCUT2D eigenvalue weighted by Crippen LogP contribution is -2.40. The van der Waals surface area contributed by atoms with E-state index in [9.17, 15) is 9.59 Å². The van der Waals surface area contributed by atoms with Crippen LogP contribution < -0.4 is 5.32 Å². The van der Waals surface area contributed by atoms with Crippen LogP contribution in [0.15, 0.2) is 0 Å². The molecule has 1 N–H and O–H groups in total. The fourth-order valence-electron chi connectivity index (χ4n) is 1.93. The minimum Gasteiger partial charge on any atom is -0.444 e. The van der Waals surface area contributed by atoms with Crippen LogP contribution in [0.3, 0.4) is 0 Å². The minimum absolute atomic E-state index is 0.287. The van der Waals surface area contributed by atoms with Crippen LogP contribution in [0.5, 0.6) is 0 Å². The summed E-state index contributed by atoms with van der Waals surface area (Å²) in [7, 11) is 0. The molecule has 1 aliphatic rings. The summed E-state index contributed by atoms with van der Waals surface area (Å²) in [5.41, 5.74) is -0.469. The van der Waals surface area contributed by atoms with Gasteiger partial charge in [0.25, 0.3) is 0 Å². The standard InChI is InChI=1S/C13H24N2O4/c1-10(16)19-15-7-5-11(6-8-15)9-14-12(17)18-13(2,3)4/h11H,5-9H2,1-4H3,(H,14,17). The van der Waals surface area contributed by atoms with Crippen molar-refractivity contribution < 1.29 is 19.2 Å². The van der Waals surface area contributed by atoms with Crippen molar-refractivity contribution in [3.05, 3.63) is 0 Å². The molecule has 0 unspecified atom stereocenters.